The van der Waals surface area contributed by atoms with Gasteiger partial charge in [0.25, 0.3) is 0 Å². The third-order valence-electron chi connectivity index (χ3n) is 1.63. The molecule has 9 N–H and O–H groups in total. The smallest absolute Gasteiger partial charge is 0.466 e. The summed E-state index contributed by atoms with van der Waals surface area (Å²) >= 11 is 0. The maximum absolute atomic E-state index is 10.7. The SMILES string of the molecule is C=CC(N)NC(CCC(N)=O)C(=O)O.O=P(O)(O)O. The Labute approximate surface area is 109 Å². The van der Waals surface area contributed by atoms with Gasteiger partial charge in [-0.3, -0.25) is 14.9 Å². The second kappa shape index (κ2) is 9.62. The Kier molecular flexibility index (Phi) is 10.1. The molecule has 1 amide bonds. The van der Waals surface area contributed by atoms with Gasteiger partial charge >= 0.3 is 13.8 Å². The monoisotopic (exact) mass is 299 g/mol. The first kappa shape index (κ1) is 20.0. The quantitative estimate of drug-likeness (QED) is 0.155. The zero-order valence-corrected chi connectivity index (χ0v) is 10.9. The van der Waals surface area contributed by atoms with Gasteiger partial charge in [0.1, 0.15) is 6.04 Å². The second-order valence-corrected chi connectivity index (χ2v) is 4.36. The number of nitrogens with two attached hydrogens (primary N) is 2. The topological polar surface area (TPSA) is 196 Å². The van der Waals surface area contributed by atoms with Gasteiger partial charge < -0.3 is 31.3 Å². The molecule has 0 rings (SSSR count). The summed E-state index contributed by atoms with van der Waals surface area (Å²) in [6.07, 6.45) is 0.893. The van der Waals surface area contributed by atoms with E-state index in [1.807, 2.05) is 0 Å². The number of carbonyl (C=O) groups is 2. The molecule has 0 spiro atoms. The molecule has 11 heteroatoms. The fraction of sp³-hybridized carbons (Fsp3) is 0.500. The van der Waals surface area contributed by atoms with E-state index in [2.05, 4.69) is 11.9 Å². The van der Waals surface area contributed by atoms with Gasteiger partial charge in [-0.15, -0.1) is 6.58 Å². The van der Waals surface area contributed by atoms with Crippen LogP contribution in [0, 0.1) is 0 Å². The van der Waals surface area contributed by atoms with E-state index in [1.165, 1.54) is 6.08 Å². The van der Waals surface area contributed by atoms with E-state index in [9.17, 15) is 9.59 Å². The Bertz CT molecular complexity index is 348. The molecule has 10 nitrogen and oxygen atoms in total. The zero-order valence-electron chi connectivity index (χ0n) is 9.97. The van der Waals surface area contributed by atoms with Gasteiger partial charge in [-0.2, -0.15) is 0 Å². The number of nitrogens with one attached hydrogen (secondary N) is 1. The van der Waals surface area contributed by atoms with Crippen LogP contribution in [-0.2, 0) is 14.2 Å². The minimum Gasteiger partial charge on any atom is -0.480 e. The maximum atomic E-state index is 10.7. The molecular weight excluding hydrogens is 281 g/mol. The Hall–Kier alpha value is -1.29. The molecule has 0 bridgehead atoms. The molecule has 0 radical (unpaired) electrons. The summed E-state index contributed by atoms with van der Waals surface area (Å²) in [6.45, 7) is 3.40. The number of primary amides is 1. The average Bonchev–Trinajstić information content (AvgIpc) is 2.20. The number of hydrogen-bond acceptors (Lipinski definition) is 5. The number of carboxylic acid groups (broad SMARTS) is 1. The first-order valence-corrected chi connectivity index (χ1v) is 6.47. The molecule has 0 aromatic carbocycles. The van der Waals surface area contributed by atoms with Gasteiger partial charge in [-0.1, -0.05) is 6.08 Å². The van der Waals surface area contributed by atoms with Crippen LogP contribution in [0.1, 0.15) is 12.8 Å². The van der Waals surface area contributed by atoms with E-state index in [1.54, 1.807) is 0 Å². The summed E-state index contributed by atoms with van der Waals surface area (Å²) in [6, 6.07) is -0.879. The highest BCUT2D eigenvalue weighted by Crippen LogP contribution is 2.25. The van der Waals surface area contributed by atoms with E-state index >= 15 is 0 Å². The molecule has 0 aliphatic heterocycles. The molecule has 112 valence electrons. The first-order valence-electron chi connectivity index (χ1n) is 4.91. The van der Waals surface area contributed by atoms with E-state index in [0.717, 1.165) is 0 Å². The molecule has 0 aromatic heterocycles. The fourth-order valence-electron chi connectivity index (χ4n) is 0.865. The summed E-state index contributed by atoms with van der Waals surface area (Å²) in [4.78, 5) is 42.7. The van der Waals surface area contributed by atoms with Gasteiger partial charge in [0.15, 0.2) is 0 Å². The van der Waals surface area contributed by atoms with E-state index in [4.69, 9.17) is 35.8 Å². The minimum absolute atomic E-state index is 0.00777. The third-order valence-corrected chi connectivity index (χ3v) is 1.63. The van der Waals surface area contributed by atoms with Crippen molar-refractivity contribution in [3.05, 3.63) is 12.7 Å². The van der Waals surface area contributed by atoms with Crippen LogP contribution in [0.25, 0.3) is 0 Å². The first-order chi connectivity index (χ1) is 8.47. The van der Waals surface area contributed by atoms with E-state index < -0.39 is 31.9 Å². The van der Waals surface area contributed by atoms with Gasteiger partial charge in [0.05, 0.1) is 6.17 Å². The number of carboxylic acids is 1. The van der Waals surface area contributed by atoms with Crippen LogP contribution in [0.15, 0.2) is 12.7 Å². The van der Waals surface area contributed by atoms with Crippen LogP contribution >= 0.6 is 7.82 Å². The Balaban J connectivity index is 0. The van der Waals surface area contributed by atoms with Crippen LogP contribution in [0.2, 0.25) is 0 Å². The van der Waals surface area contributed by atoms with Crippen molar-refractivity contribution >= 4 is 19.7 Å². The molecule has 0 aromatic rings. The Morgan fingerprint density at radius 3 is 2.05 bits per heavy atom. The molecule has 19 heavy (non-hydrogen) atoms. The summed E-state index contributed by atoms with van der Waals surface area (Å²) in [5.41, 5.74) is 10.3. The Morgan fingerprint density at radius 1 is 1.37 bits per heavy atom. The summed E-state index contributed by atoms with van der Waals surface area (Å²) < 4.78 is 8.88. The molecule has 0 saturated heterocycles. The number of amides is 1. The van der Waals surface area contributed by atoms with Crippen molar-refractivity contribution in [3.8, 4) is 0 Å². The summed E-state index contributed by atoms with van der Waals surface area (Å²) in [7, 11) is -4.64. The molecular formula is C8H18N3O7P. The van der Waals surface area contributed by atoms with Gasteiger partial charge in [0, 0.05) is 6.42 Å². The standard InChI is InChI=1S/C8H15N3O3.H3O4P/c1-2-6(9)11-5(8(13)14)3-4-7(10)12;1-5(2,3)4/h2,5-6,11H,1,3-4,9H2,(H2,10,12)(H,13,14);(H3,1,2,3,4). The largest absolute Gasteiger partial charge is 0.480 e. The van der Waals surface area contributed by atoms with Gasteiger partial charge in [0.2, 0.25) is 5.91 Å². The summed E-state index contributed by atoms with van der Waals surface area (Å²) in [5.74, 6) is -1.60. The number of carbonyl (C=O) groups excluding carboxylic acids is 1. The average molecular weight is 299 g/mol. The van der Waals surface area contributed by atoms with Crippen molar-refractivity contribution in [2.24, 2.45) is 11.5 Å². The number of aliphatic carboxylic acids is 1. The van der Waals surface area contributed by atoms with Crippen molar-refractivity contribution in [1.82, 2.24) is 5.32 Å². The van der Waals surface area contributed by atoms with Crippen molar-refractivity contribution in [2.45, 2.75) is 25.0 Å². The number of phosphoric acid groups is 1. The summed E-state index contributed by atoms with van der Waals surface area (Å²) in [5, 5.41) is 11.3. The molecule has 2 atom stereocenters. The van der Waals surface area contributed by atoms with Crippen LogP contribution in [0.3, 0.4) is 0 Å². The van der Waals surface area contributed by atoms with Gasteiger partial charge in [-0.05, 0) is 6.42 Å². The predicted molar refractivity (Wildman–Crippen MR) is 65.4 cm³/mol. The van der Waals surface area contributed by atoms with Crippen molar-refractivity contribution in [1.29, 1.82) is 0 Å². The molecule has 0 aliphatic carbocycles. The maximum Gasteiger partial charge on any atom is 0.466 e. The fourth-order valence-corrected chi connectivity index (χ4v) is 0.865. The highest BCUT2D eigenvalue weighted by molar-refractivity contribution is 7.45. The van der Waals surface area contributed by atoms with E-state index in [0.29, 0.717) is 0 Å². The van der Waals surface area contributed by atoms with Crippen molar-refractivity contribution in [2.75, 3.05) is 0 Å². The third kappa shape index (κ3) is 19.2. The normalized spacial score (nSPS) is 13.7. The molecule has 0 aliphatic rings. The Morgan fingerprint density at radius 2 is 1.79 bits per heavy atom. The van der Waals surface area contributed by atoms with Crippen LogP contribution in [0.4, 0.5) is 0 Å². The van der Waals surface area contributed by atoms with Crippen LogP contribution in [0.5, 0.6) is 0 Å². The zero-order chi connectivity index (χ0) is 15.6. The number of rotatable bonds is 7. The number of hydrogen-bond donors (Lipinski definition) is 7. The second-order valence-electron chi connectivity index (χ2n) is 3.34. The lowest BCUT2D eigenvalue weighted by Crippen LogP contribution is -2.47. The van der Waals surface area contributed by atoms with Crippen molar-refractivity contribution < 1.29 is 33.9 Å². The highest BCUT2D eigenvalue weighted by Gasteiger charge is 2.18. The van der Waals surface area contributed by atoms with Crippen LogP contribution < -0.4 is 16.8 Å². The minimum atomic E-state index is -4.64. The van der Waals surface area contributed by atoms with Crippen LogP contribution in [-0.4, -0.2) is 43.9 Å². The molecule has 2 unspecified atom stereocenters. The van der Waals surface area contributed by atoms with Crippen molar-refractivity contribution in [3.63, 3.8) is 0 Å². The lowest BCUT2D eigenvalue weighted by Gasteiger charge is -2.16. The lowest BCUT2D eigenvalue weighted by atomic mass is 10.1. The predicted octanol–water partition coefficient (Wildman–Crippen LogP) is -2.16. The van der Waals surface area contributed by atoms with Gasteiger partial charge in [-0.25, -0.2) is 4.57 Å². The highest BCUT2D eigenvalue weighted by atomic mass is 31.2. The molecule has 0 fully saturated rings. The molecule has 0 saturated carbocycles. The molecule has 0 heterocycles. The van der Waals surface area contributed by atoms with E-state index in [-0.39, 0.29) is 12.8 Å². The lowest BCUT2D eigenvalue weighted by molar-refractivity contribution is -0.139.